The van der Waals surface area contributed by atoms with Crippen LogP contribution in [0.3, 0.4) is 0 Å². The first-order valence-electron chi connectivity index (χ1n) is 9.66. The minimum Gasteiger partial charge on any atom is -0.489 e. The van der Waals surface area contributed by atoms with Gasteiger partial charge in [-0.05, 0) is 61.6 Å². The zero-order chi connectivity index (χ0) is 19.5. The van der Waals surface area contributed by atoms with Gasteiger partial charge in [0.2, 0.25) is 0 Å². The van der Waals surface area contributed by atoms with E-state index in [0.29, 0.717) is 23.5 Å². The summed E-state index contributed by atoms with van der Waals surface area (Å²) < 4.78 is 11.1. The lowest BCUT2D eigenvalue weighted by atomic mass is 10.1. The zero-order valence-corrected chi connectivity index (χ0v) is 15.9. The van der Waals surface area contributed by atoms with Gasteiger partial charge in [-0.25, -0.2) is 4.79 Å². The average Bonchev–Trinajstić information content (AvgIpc) is 2.72. The van der Waals surface area contributed by atoms with Crippen LogP contribution in [-0.4, -0.2) is 23.9 Å². The Hall–Kier alpha value is -3.08. The molecule has 1 aromatic heterocycles. The van der Waals surface area contributed by atoms with Gasteiger partial charge in [-0.1, -0.05) is 12.1 Å². The highest BCUT2D eigenvalue weighted by molar-refractivity contribution is 5.94. The third kappa shape index (κ3) is 3.93. The number of hydrogen-bond acceptors (Lipinski definition) is 4. The van der Waals surface area contributed by atoms with Crippen LogP contribution in [0.1, 0.15) is 40.7 Å². The van der Waals surface area contributed by atoms with Crippen LogP contribution in [0.15, 0.2) is 57.7 Å². The third-order valence-electron chi connectivity index (χ3n) is 5.15. The van der Waals surface area contributed by atoms with E-state index in [-0.39, 0.29) is 11.5 Å². The fourth-order valence-electron chi connectivity index (χ4n) is 3.64. The molecule has 0 saturated carbocycles. The van der Waals surface area contributed by atoms with Gasteiger partial charge >= 0.3 is 5.63 Å². The van der Waals surface area contributed by atoms with Crippen LogP contribution in [0.2, 0.25) is 0 Å². The highest BCUT2D eigenvalue weighted by Crippen LogP contribution is 2.23. The zero-order valence-electron chi connectivity index (χ0n) is 15.9. The standard InChI is InChI=1S/C23H23NO4/c1-16-12-22(25)28-21-14-19(8-9-20(16)21)27-15-17-6-5-7-18(13-17)23(26)24-10-3-2-4-11-24/h5-9,12-14H,2-4,10-11,15H2,1H3. The highest BCUT2D eigenvalue weighted by atomic mass is 16.5. The molecule has 1 fully saturated rings. The number of hydrogen-bond donors (Lipinski definition) is 0. The van der Waals surface area contributed by atoms with Gasteiger partial charge in [0.1, 0.15) is 17.9 Å². The molecule has 5 nitrogen and oxygen atoms in total. The lowest BCUT2D eigenvalue weighted by molar-refractivity contribution is 0.0724. The molecule has 4 rings (SSSR count). The van der Waals surface area contributed by atoms with Crippen molar-refractivity contribution >= 4 is 16.9 Å². The molecule has 0 spiro atoms. The molecule has 0 aliphatic carbocycles. The number of benzene rings is 2. The van der Waals surface area contributed by atoms with Crippen molar-refractivity contribution in [2.75, 3.05) is 13.1 Å². The lowest BCUT2D eigenvalue weighted by Gasteiger charge is -2.26. The molecule has 2 heterocycles. The number of amides is 1. The smallest absolute Gasteiger partial charge is 0.336 e. The maximum Gasteiger partial charge on any atom is 0.336 e. The molecule has 3 aromatic rings. The summed E-state index contributed by atoms with van der Waals surface area (Å²) in [7, 11) is 0. The van der Waals surface area contributed by atoms with Crippen LogP contribution in [0.25, 0.3) is 11.0 Å². The molecule has 1 aliphatic heterocycles. The second-order valence-electron chi connectivity index (χ2n) is 7.25. The first kappa shape index (κ1) is 18.3. The largest absolute Gasteiger partial charge is 0.489 e. The van der Waals surface area contributed by atoms with Crippen molar-refractivity contribution in [1.29, 1.82) is 0 Å². The quantitative estimate of drug-likeness (QED) is 0.636. The summed E-state index contributed by atoms with van der Waals surface area (Å²) in [6, 6.07) is 14.5. The third-order valence-corrected chi connectivity index (χ3v) is 5.15. The molecule has 28 heavy (non-hydrogen) atoms. The molecule has 2 aromatic carbocycles. The Bertz CT molecular complexity index is 1060. The van der Waals surface area contributed by atoms with Crippen molar-refractivity contribution < 1.29 is 13.9 Å². The van der Waals surface area contributed by atoms with Gasteiger partial charge in [0, 0.05) is 36.2 Å². The summed E-state index contributed by atoms with van der Waals surface area (Å²) >= 11 is 0. The minimum absolute atomic E-state index is 0.0875. The van der Waals surface area contributed by atoms with Crippen LogP contribution in [0.5, 0.6) is 5.75 Å². The van der Waals surface area contributed by atoms with Crippen LogP contribution >= 0.6 is 0 Å². The van der Waals surface area contributed by atoms with E-state index >= 15 is 0 Å². The SMILES string of the molecule is Cc1cc(=O)oc2cc(OCc3cccc(C(=O)N4CCCCC4)c3)ccc12. The Morgan fingerprint density at radius 3 is 2.71 bits per heavy atom. The van der Waals surface area contributed by atoms with Crippen LogP contribution in [0.4, 0.5) is 0 Å². The van der Waals surface area contributed by atoms with E-state index in [4.69, 9.17) is 9.15 Å². The van der Waals surface area contributed by atoms with E-state index in [2.05, 4.69) is 0 Å². The lowest BCUT2D eigenvalue weighted by Crippen LogP contribution is -2.35. The van der Waals surface area contributed by atoms with Gasteiger partial charge < -0.3 is 14.1 Å². The number of fused-ring (bicyclic) bond motifs is 1. The Balaban J connectivity index is 1.48. The summed E-state index contributed by atoms with van der Waals surface area (Å²) in [5.41, 5.74) is 2.64. The topological polar surface area (TPSA) is 59.8 Å². The second-order valence-corrected chi connectivity index (χ2v) is 7.25. The van der Waals surface area contributed by atoms with Crippen molar-refractivity contribution in [1.82, 2.24) is 4.90 Å². The predicted octanol–water partition coefficient (Wildman–Crippen LogP) is 4.31. The molecular weight excluding hydrogens is 354 g/mol. The molecule has 0 atom stereocenters. The van der Waals surface area contributed by atoms with Crippen LogP contribution < -0.4 is 10.4 Å². The Morgan fingerprint density at radius 1 is 1.07 bits per heavy atom. The Morgan fingerprint density at radius 2 is 1.89 bits per heavy atom. The first-order chi connectivity index (χ1) is 13.6. The number of carbonyl (C=O) groups excluding carboxylic acids is 1. The average molecular weight is 377 g/mol. The van der Waals surface area contributed by atoms with E-state index in [1.54, 1.807) is 6.07 Å². The summed E-state index contributed by atoms with van der Waals surface area (Å²) in [6.07, 6.45) is 3.35. The van der Waals surface area contributed by atoms with Crippen molar-refractivity contribution in [3.8, 4) is 5.75 Å². The van der Waals surface area contributed by atoms with Crippen molar-refractivity contribution in [2.45, 2.75) is 32.8 Å². The molecule has 144 valence electrons. The number of rotatable bonds is 4. The first-order valence-corrected chi connectivity index (χ1v) is 9.66. The van der Waals surface area contributed by atoms with E-state index in [0.717, 1.165) is 42.4 Å². The predicted molar refractivity (Wildman–Crippen MR) is 108 cm³/mol. The summed E-state index contributed by atoms with van der Waals surface area (Å²) in [4.78, 5) is 26.2. The summed E-state index contributed by atoms with van der Waals surface area (Å²) in [5.74, 6) is 0.707. The van der Waals surface area contributed by atoms with Gasteiger partial charge in [-0.15, -0.1) is 0 Å². The summed E-state index contributed by atoms with van der Waals surface area (Å²) in [6.45, 7) is 3.88. The summed E-state index contributed by atoms with van der Waals surface area (Å²) in [5, 5.41) is 0.890. The fourth-order valence-corrected chi connectivity index (χ4v) is 3.64. The van der Waals surface area contributed by atoms with Gasteiger partial charge in [0.15, 0.2) is 0 Å². The van der Waals surface area contributed by atoms with Crippen LogP contribution in [0, 0.1) is 6.92 Å². The van der Waals surface area contributed by atoms with Gasteiger partial charge in [-0.3, -0.25) is 4.79 Å². The Kier molecular flexibility index (Phi) is 5.15. The van der Waals surface area contributed by atoms with Crippen molar-refractivity contribution in [3.05, 3.63) is 75.6 Å². The molecule has 1 saturated heterocycles. The van der Waals surface area contributed by atoms with E-state index in [1.165, 1.54) is 12.5 Å². The molecule has 1 amide bonds. The van der Waals surface area contributed by atoms with Gasteiger partial charge in [0.25, 0.3) is 5.91 Å². The number of piperidine rings is 1. The van der Waals surface area contributed by atoms with Crippen molar-refractivity contribution in [2.24, 2.45) is 0 Å². The fraction of sp³-hybridized carbons (Fsp3) is 0.304. The monoisotopic (exact) mass is 377 g/mol. The molecule has 1 aliphatic rings. The van der Waals surface area contributed by atoms with Crippen LogP contribution in [-0.2, 0) is 6.61 Å². The van der Waals surface area contributed by atoms with E-state index < -0.39 is 0 Å². The molecule has 5 heteroatoms. The number of aryl methyl sites for hydroxylation is 1. The second kappa shape index (κ2) is 7.89. The maximum absolute atomic E-state index is 12.7. The number of likely N-dealkylation sites (tertiary alicyclic amines) is 1. The van der Waals surface area contributed by atoms with Crippen molar-refractivity contribution in [3.63, 3.8) is 0 Å². The molecule has 0 N–H and O–H groups in total. The molecule has 0 bridgehead atoms. The van der Waals surface area contributed by atoms with Gasteiger partial charge in [-0.2, -0.15) is 0 Å². The maximum atomic E-state index is 12.7. The molecule has 0 radical (unpaired) electrons. The van der Waals surface area contributed by atoms with E-state index in [9.17, 15) is 9.59 Å². The minimum atomic E-state index is -0.369. The molecular formula is C23H23NO4. The molecule has 0 unspecified atom stereocenters. The highest BCUT2D eigenvalue weighted by Gasteiger charge is 2.18. The number of ether oxygens (including phenoxy) is 1. The Labute approximate surface area is 163 Å². The number of nitrogens with zero attached hydrogens (tertiary/aromatic N) is 1. The number of carbonyl (C=O) groups is 1. The van der Waals surface area contributed by atoms with E-state index in [1.807, 2.05) is 48.2 Å². The normalized spacial score (nSPS) is 14.2. The van der Waals surface area contributed by atoms with Gasteiger partial charge in [0.05, 0.1) is 0 Å².